The molecular weight excluding hydrogens is 354 g/mol. The minimum Gasteiger partial charge on any atom is -0.484 e. The number of benzene rings is 3. The fraction of sp³-hybridized carbons (Fsp3) is 0.130. The monoisotopic (exact) mass is 375 g/mol. The summed E-state index contributed by atoms with van der Waals surface area (Å²) in [6.07, 6.45) is 0. The van der Waals surface area contributed by atoms with Crippen LogP contribution in [0, 0.1) is 0 Å². The van der Waals surface area contributed by atoms with Gasteiger partial charge in [0.05, 0.1) is 12.2 Å². The van der Waals surface area contributed by atoms with E-state index in [1.165, 1.54) is 0 Å². The van der Waals surface area contributed by atoms with Gasteiger partial charge in [-0.15, -0.1) is 0 Å². The molecule has 0 unspecified atom stereocenters. The molecule has 0 saturated carbocycles. The first-order valence-corrected chi connectivity index (χ1v) is 9.01. The summed E-state index contributed by atoms with van der Waals surface area (Å²) in [6.45, 7) is 1.91. The van der Waals surface area contributed by atoms with Crippen molar-refractivity contribution < 1.29 is 19.1 Å². The second-order valence-corrected chi connectivity index (χ2v) is 6.03. The Morgan fingerprint density at radius 3 is 2.29 bits per heavy atom. The lowest BCUT2D eigenvalue weighted by atomic mass is 10.1. The van der Waals surface area contributed by atoms with Crippen LogP contribution in [0.25, 0.3) is 11.1 Å². The molecule has 1 N–H and O–H groups in total. The number of nitrogens with one attached hydrogen (secondary N) is 1. The van der Waals surface area contributed by atoms with Crippen molar-refractivity contribution in [3.05, 3.63) is 84.4 Å². The molecule has 0 atom stereocenters. The van der Waals surface area contributed by atoms with Gasteiger partial charge in [-0.05, 0) is 48.4 Å². The molecule has 3 aromatic carbocycles. The number of anilines is 1. The molecule has 0 saturated heterocycles. The highest BCUT2D eigenvalue weighted by molar-refractivity contribution is 5.95. The number of hydrogen-bond acceptors (Lipinski definition) is 4. The predicted molar refractivity (Wildman–Crippen MR) is 108 cm³/mol. The van der Waals surface area contributed by atoms with E-state index in [-0.39, 0.29) is 12.5 Å². The van der Waals surface area contributed by atoms with Gasteiger partial charge in [-0.3, -0.25) is 4.79 Å². The lowest BCUT2D eigenvalue weighted by Gasteiger charge is -2.09. The smallest absolute Gasteiger partial charge is 0.338 e. The Labute approximate surface area is 163 Å². The van der Waals surface area contributed by atoms with Crippen molar-refractivity contribution in [2.75, 3.05) is 18.5 Å². The van der Waals surface area contributed by atoms with Crippen LogP contribution in [-0.2, 0) is 9.53 Å². The molecule has 3 rings (SSSR count). The Kier molecular flexibility index (Phi) is 6.41. The van der Waals surface area contributed by atoms with E-state index in [0.29, 0.717) is 23.6 Å². The maximum Gasteiger partial charge on any atom is 0.338 e. The lowest BCUT2D eigenvalue weighted by Crippen LogP contribution is -2.20. The molecule has 0 radical (unpaired) electrons. The van der Waals surface area contributed by atoms with Crippen LogP contribution < -0.4 is 10.1 Å². The summed E-state index contributed by atoms with van der Waals surface area (Å²) in [4.78, 5) is 23.9. The van der Waals surface area contributed by atoms with Gasteiger partial charge in [-0.1, -0.05) is 48.5 Å². The first kappa shape index (κ1) is 19.2. The highest BCUT2D eigenvalue weighted by atomic mass is 16.5. The molecular formula is C23H21NO4. The Morgan fingerprint density at radius 1 is 0.857 bits per heavy atom. The molecule has 5 nitrogen and oxygen atoms in total. The van der Waals surface area contributed by atoms with Crippen LogP contribution >= 0.6 is 0 Å². The zero-order chi connectivity index (χ0) is 19.8. The molecule has 0 bridgehead atoms. The fourth-order valence-electron chi connectivity index (χ4n) is 2.66. The van der Waals surface area contributed by atoms with Gasteiger partial charge in [-0.2, -0.15) is 0 Å². The summed E-state index contributed by atoms with van der Waals surface area (Å²) in [7, 11) is 0. The normalized spacial score (nSPS) is 10.2. The molecule has 0 aromatic heterocycles. The average Bonchev–Trinajstić information content (AvgIpc) is 2.74. The van der Waals surface area contributed by atoms with Gasteiger partial charge >= 0.3 is 5.97 Å². The molecule has 1 amide bonds. The van der Waals surface area contributed by atoms with E-state index >= 15 is 0 Å². The van der Waals surface area contributed by atoms with E-state index in [9.17, 15) is 9.59 Å². The summed E-state index contributed by atoms with van der Waals surface area (Å²) in [5.74, 6) is -0.128. The number of carbonyl (C=O) groups is 2. The minimum atomic E-state index is -0.423. The third-order valence-electron chi connectivity index (χ3n) is 3.99. The van der Waals surface area contributed by atoms with Crippen LogP contribution in [-0.4, -0.2) is 25.1 Å². The highest BCUT2D eigenvalue weighted by Gasteiger charge is 2.09. The molecule has 0 fully saturated rings. The number of hydrogen-bond donors (Lipinski definition) is 1. The second kappa shape index (κ2) is 9.37. The first-order valence-electron chi connectivity index (χ1n) is 9.01. The molecule has 28 heavy (non-hydrogen) atoms. The van der Waals surface area contributed by atoms with Gasteiger partial charge < -0.3 is 14.8 Å². The van der Waals surface area contributed by atoms with Gasteiger partial charge in [0.1, 0.15) is 5.75 Å². The number of ether oxygens (including phenoxy) is 2. The zero-order valence-electron chi connectivity index (χ0n) is 15.6. The van der Waals surface area contributed by atoms with Crippen molar-refractivity contribution in [3.63, 3.8) is 0 Å². The fourth-order valence-corrected chi connectivity index (χ4v) is 2.66. The van der Waals surface area contributed by atoms with Crippen LogP contribution in [0.3, 0.4) is 0 Å². The van der Waals surface area contributed by atoms with Crippen LogP contribution in [0.2, 0.25) is 0 Å². The van der Waals surface area contributed by atoms with E-state index < -0.39 is 5.97 Å². The van der Waals surface area contributed by atoms with E-state index in [4.69, 9.17) is 9.47 Å². The van der Waals surface area contributed by atoms with Crippen LogP contribution in [0.1, 0.15) is 17.3 Å². The third kappa shape index (κ3) is 5.20. The molecule has 0 heterocycles. The maximum atomic E-state index is 12.1. The SMILES string of the molecule is CCOC(=O)c1cccc(NC(=O)COc2ccc(-c3ccccc3)cc2)c1. The van der Waals surface area contributed by atoms with Crippen molar-refractivity contribution in [2.24, 2.45) is 0 Å². The largest absolute Gasteiger partial charge is 0.484 e. The van der Waals surface area contributed by atoms with E-state index in [2.05, 4.69) is 5.32 Å². The van der Waals surface area contributed by atoms with E-state index in [1.807, 2.05) is 54.6 Å². The van der Waals surface area contributed by atoms with Gasteiger partial charge in [0.25, 0.3) is 5.91 Å². The molecule has 3 aromatic rings. The van der Waals surface area contributed by atoms with Gasteiger partial charge in [0, 0.05) is 5.69 Å². The maximum absolute atomic E-state index is 12.1. The Hall–Kier alpha value is -3.60. The predicted octanol–water partition coefficient (Wildman–Crippen LogP) is 4.55. The average molecular weight is 375 g/mol. The second-order valence-electron chi connectivity index (χ2n) is 6.03. The Morgan fingerprint density at radius 2 is 1.57 bits per heavy atom. The number of carbonyl (C=O) groups excluding carboxylic acids is 2. The summed E-state index contributed by atoms with van der Waals surface area (Å²) in [5.41, 5.74) is 3.09. The van der Waals surface area contributed by atoms with Crippen molar-refractivity contribution in [1.82, 2.24) is 0 Å². The lowest BCUT2D eigenvalue weighted by molar-refractivity contribution is -0.118. The standard InChI is InChI=1S/C23H21NO4/c1-2-27-23(26)19-9-6-10-20(15-19)24-22(25)16-28-21-13-11-18(12-14-21)17-7-4-3-5-8-17/h3-15H,2,16H2,1H3,(H,24,25). The first-order chi connectivity index (χ1) is 13.7. The third-order valence-corrected chi connectivity index (χ3v) is 3.99. The molecule has 0 spiro atoms. The summed E-state index contributed by atoms with van der Waals surface area (Å²) in [6, 6.07) is 24.2. The molecule has 5 heteroatoms. The van der Waals surface area contributed by atoms with Crippen molar-refractivity contribution in [1.29, 1.82) is 0 Å². The Balaban J connectivity index is 1.54. The van der Waals surface area contributed by atoms with Crippen molar-refractivity contribution >= 4 is 17.6 Å². The quantitative estimate of drug-likeness (QED) is 0.616. The van der Waals surface area contributed by atoms with Gasteiger partial charge in [0.15, 0.2) is 6.61 Å². The molecule has 0 aliphatic carbocycles. The van der Waals surface area contributed by atoms with Gasteiger partial charge in [0.2, 0.25) is 0 Å². The number of esters is 1. The van der Waals surface area contributed by atoms with E-state index in [0.717, 1.165) is 11.1 Å². The van der Waals surface area contributed by atoms with Crippen LogP contribution in [0.15, 0.2) is 78.9 Å². The minimum absolute atomic E-state index is 0.131. The number of rotatable bonds is 7. The Bertz CT molecular complexity index is 936. The molecule has 0 aliphatic heterocycles. The van der Waals surface area contributed by atoms with Crippen LogP contribution in [0.5, 0.6) is 5.75 Å². The van der Waals surface area contributed by atoms with E-state index in [1.54, 1.807) is 31.2 Å². The topological polar surface area (TPSA) is 64.6 Å². The van der Waals surface area contributed by atoms with Gasteiger partial charge in [-0.25, -0.2) is 4.79 Å². The summed E-state index contributed by atoms with van der Waals surface area (Å²) < 4.78 is 10.5. The van der Waals surface area contributed by atoms with Crippen molar-refractivity contribution in [2.45, 2.75) is 6.92 Å². The highest BCUT2D eigenvalue weighted by Crippen LogP contribution is 2.22. The summed E-state index contributed by atoms with van der Waals surface area (Å²) >= 11 is 0. The zero-order valence-corrected chi connectivity index (χ0v) is 15.6. The molecule has 142 valence electrons. The van der Waals surface area contributed by atoms with Crippen LogP contribution in [0.4, 0.5) is 5.69 Å². The summed E-state index contributed by atoms with van der Waals surface area (Å²) in [5, 5.41) is 2.72. The molecule has 0 aliphatic rings. The van der Waals surface area contributed by atoms with Crippen molar-refractivity contribution in [3.8, 4) is 16.9 Å². The number of amides is 1.